The van der Waals surface area contributed by atoms with Crippen molar-refractivity contribution in [3.8, 4) is 5.75 Å². The molecule has 0 saturated carbocycles. The molecule has 7 heteroatoms. The molecule has 4 rings (SSSR count). The van der Waals surface area contributed by atoms with Crippen LogP contribution in [0.4, 0.5) is 4.39 Å². The lowest BCUT2D eigenvalue weighted by Gasteiger charge is -2.24. The maximum atomic E-state index is 13.6. The van der Waals surface area contributed by atoms with Crippen LogP contribution in [0.1, 0.15) is 21.5 Å². The molecule has 0 heterocycles. The van der Waals surface area contributed by atoms with Crippen LogP contribution in [0.2, 0.25) is 0 Å². The minimum absolute atomic E-state index is 0.160. The summed E-state index contributed by atoms with van der Waals surface area (Å²) in [4.78, 5) is 15.3. The topological polar surface area (TPSA) is 63.7 Å². The molecule has 0 aliphatic heterocycles. The number of nitrogens with zero attached hydrogens (tertiary/aromatic N) is 1. The van der Waals surface area contributed by atoms with Gasteiger partial charge in [0.25, 0.3) is 5.91 Å². The second kappa shape index (κ2) is 9.42. The molecule has 4 aromatic rings. The van der Waals surface area contributed by atoms with Crippen molar-refractivity contribution < 1.29 is 21.8 Å². The molecule has 4 aromatic carbocycles. The fraction of sp³-hybridized carbons (Fsp3) is 0.115. The van der Waals surface area contributed by atoms with Gasteiger partial charge in [-0.3, -0.25) is 4.79 Å². The van der Waals surface area contributed by atoms with Crippen molar-refractivity contribution in [2.75, 3.05) is 6.26 Å². The van der Waals surface area contributed by atoms with Crippen LogP contribution in [0.25, 0.3) is 10.8 Å². The lowest BCUT2D eigenvalue weighted by atomic mass is 10.0. The number of fused-ring (bicyclic) bond motifs is 1. The van der Waals surface area contributed by atoms with Crippen molar-refractivity contribution in [2.45, 2.75) is 13.1 Å². The Balaban J connectivity index is 1.65. The third kappa shape index (κ3) is 5.75. The van der Waals surface area contributed by atoms with Gasteiger partial charge in [0, 0.05) is 18.7 Å². The molecule has 0 spiro atoms. The van der Waals surface area contributed by atoms with Crippen molar-refractivity contribution in [1.29, 1.82) is 0 Å². The van der Waals surface area contributed by atoms with E-state index in [0.29, 0.717) is 5.56 Å². The maximum absolute atomic E-state index is 13.6. The van der Waals surface area contributed by atoms with Gasteiger partial charge in [-0.05, 0) is 52.2 Å². The lowest BCUT2D eigenvalue weighted by Crippen LogP contribution is -2.30. The van der Waals surface area contributed by atoms with E-state index in [9.17, 15) is 17.6 Å². The molecule has 33 heavy (non-hydrogen) atoms. The molecular weight excluding hydrogens is 441 g/mol. The Bertz CT molecular complexity index is 1380. The lowest BCUT2D eigenvalue weighted by molar-refractivity contribution is 0.0732. The minimum atomic E-state index is -3.62. The minimum Gasteiger partial charge on any atom is -0.383 e. The molecule has 0 unspecified atom stereocenters. The zero-order valence-corrected chi connectivity index (χ0v) is 18.8. The van der Waals surface area contributed by atoms with Crippen molar-refractivity contribution >= 4 is 26.8 Å². The van der Waals surface area contributed by atoms with E-state index < -0.39 is 10.1 Å². The average molecular weight is 464 g/mol. The van der Waals surface area contributed by atoms with Gasteiger partial charge < -0.3 is 9.08 Å². The molecule has 0 aliphatic carbocycles. The molecule has 0 radical (unpaired) electrons. The predicted molar refractivity (Wildman–Crippen MR) is 126 cm³/mol. The molecule has 0 bridgehead atoms. The molecule has 0 N–H and O–H groups in total. The Labute approximate surface area is 192 Å². The van der Waals surface area contributed by atoms with E-state index in [1.165, 1.54) is 12.1 Å². The van der Waals surface area contributed by atoms with Crippen LogP contribution in [0.5, 0.6) is 5.75 Å². The fourth-order valence-electron chi connectivity index (χ4n) is 3.64. The summed E-state index contributed by atoms with van der Waals surface area (Å²) in [5, 5.41) is 1.82. The Morgan fingerprint density at radius 2 is 1.39 bits per heavy atom. The van der Waals surface area contributed by atoms with Gasteiger partial charge in [0.2, 0.25) is 0 Å². The number of hydrogen-bond acceptors (Lipinski definition) is 4. The molecule has 168 valence electrons. The van der Waals surface area contributed by atoms with Crippen LogP contribution in [0.3, 0.4) is 0 Å². The van der Waals surface area contributed by atoms with Gasteiger partial charge in [0.1, 0.15) is 11.6 Å². The smallest absolute Gasteiger partial charge is 0.306 e. The number of rotatable bonds is 7. The highest BCUT2D eigenvalue weighted by atomic mass is 32.2. The van der Waals surface area contributed by atoms with E-state index in [4.69, 9.17) is 4.18 Å². The summed E-state index contributed by atoms with van der Waals surface area (Å²) in [6, 6.07) is 25.9. The highest BCUT2D eigenvalue weighted by molar-refractivity contribution is 7.86. The largest absolute Gasteiger partial charge is 0.383 e. The zero-order chi connectivity index (χ0) is 23.4. The van der Waals surface area contributed by atoms with Crippen molar-refractivity contribution in [1.82, 2.24) is 4.90 Å². The summed E-state index contributed by atoms with van der Waals surface area (Å²) in [5.41, 5.74) is 2.17. The second-order valence-electron chi connectivity index (χ2n) is 7.75. The van der Waals surface area contributed by atoms with Gasteiger partial charge in [-0.25, -0.2) is 4.39 Å². The predicted octanol–water partition coefficient (Wildman–Crippen LogP) is 5.16. The van der Waals surface area contributed by atoms with E-state index in [2.05, 4.69) is 0 Å². The second-order valence-corrected chi connectivity index (χ2v) is 9.32. The Kier molecular flexibility index (Phi) is 6.42. The van der Waals surface area contributed by atoms with E-state index in [1.54, 1.807) is 47.4 Å². The number of hydrogen-bond donors (Lipinski definition) is 0. The van der Waals surface area contributed by atoms with Gasteiger partial charge in [0.05, 0.1) is 6.26 Å². The number of carbonyl (C=O) groups is 1. The van der Waals surface area contributed by atoms with Gasteiger partial charge in [0.15, 0.2) is 0 Å². The van der Waals surface area contributed by atoms with Crippen LogP contribution >= 0.6 is 0 Å². The molecule has 0 aromatic heterocycles. The molecule has 0 saturated heterocycles. The number of halogens is 1. The van der Waals surface area contributed by atoms with Crippen LogP contribution in [0.15, 0.2) is 91.0 Å². The van der Waals surface area contributed by atoms with Crippen LogP contribution < -0.4 is 4.18 Å². The Morgan fingerprint density at radius 1 is 0.818 bits per heavy atom. The van der Waals surface area contributed by atoms with Gasteiger partial charge >= 0.3 is 10.1 Å². The normalized spacial score (nSPS) is 11.3. The van der Waals surface area contributed by atoms with Crippen LogP contribution in [-0.2, 0) is 23.2 Å². The summed E-state index contributed by atoms with van der Waals surface area (Å²) in [6.45, 7) is 0.558. The standard InChI is InChI=1S/C26H22FNO4S/c1-33(30,31)32-23-15-11-20(12-16-23)18-28(17-19-9-13-22(27)14-10-19)26(29)25-8-4-6-21-5-2-3-7-24(21)25/h2-16H,17-18H2,1H3. The average Bonchev–Trinajstić information content (AvgIpc) is 2.79. The summed E-state index contributed by atoms with van der Waals surface area (Å²) in [5.74, 6) is -0.300. The van der Waals surface area contributed by atoms with Crippen molar-refractivity contribution in [3.63, 3.8) is 0 Å². The summed E-state index contributed by atoms with van der Waals surface area (Å²) < 4.78 is 41.0. The van der Waals surface area contributed by atoms with Gasteiger partial charge in [-0.2, -0.15) is 8.42 Å². The van der Waals surface area contributed by atoms with E-state index >= 15 is 0 Å². The van der Waals surface area contributed by atoms with E-state index in [0.717, 1.165) is 28.2 Å². The van der Waals surface area contributed by atoms with E-state index in [1.807, 2.05) is 36.4 Å². The number of benzene rings is 4. The first-order chi connectivity index (χ1) is 15.8. The SMILES string of the molecule is CS(=O)(=O)Oc1ccc(CN(Cc2ccc(F)cc2)C(=O)c2cccc3ccccc23)cc1. The van der Waals surface area contributed by atoms with Gasteiger partial charge in [-0.1, -0.05) is 60.7 Å². The van der Waals surface area contributed by atoms with Crippen molar-refractivity contribution in [2.24, 2.45) is 0 Å². The van der Waals surface area contributed by atoms with Crippen LogP contribution in [0, 0.1) is 5.82 Å². The third-order valence-corrected chi connectivity index (χ3v) is 5.63. The van der Waals surface area contributed by atoms with Crippen molar-refractivity contribution in [3.05, 3.63) is 114 Å². The highest BCUT2D eigenvalue weighted by Gasteiger charge is 2.19. The first-order valence-corrected chi connectivity index (χ1v) is 12.1. The molecule has 5 nitrogen and oxygen atoms in total. The fourth-order valence-corrected chi connectivity index (χ4v) is 4.10. The highest BCUT2D eigenvalue weighted by Crippen LogP contribution is 2.23. The third-order valence-electron chi connectivity index (χ3n) is 5.14. The van der Waals surface area contributed by atoms with E-state index in [-0.39, 0.29) is 30.6 Å². The summed E-state index contributed by atoms with van der Waals surface area (Å²) in [6.07, 6.45) is 0.980. The molecule has 1 amide bonds. The Hall–Kier alpha value is -3.71. The summed E-state index contributed by atoms with van der Waals surface area (Å²) in [7, 11) is -3.62. The van der Waals surface area contributed by atoms with Crippen LogP contribution in [-0.4, -0.2) is 25.5 Å². The monoisotopic (exact) mass is 463 g/mol. The van der Waals surface area contributed by atoms with Gasteiger partial charge in [-0.15, -0.1) is 0 Å². The Morgan fingerprint density at radius 3 is 2.03 bits per heavy atom. The maximum Gasteiger partial charge on any atom is 0.306 e. The first kappa shape index (κ1) is 22.5. The molecule has 0 fully saturated rings. The summed E-state index contributed by atoms with van der Waals surface area (Å²) >= 11 is 0. The quantitative estimate of drug-likeness (QED) is 0.355. The number of amides is 1. The molecular formula is C26H22FNO4S. The molecule has 0 atom stereocenters. The zero-order valence-electron chi connectivity index (χ0n) is 17.9. The first-order valence-electron chi connectivity index (χ1n) is 10.3. The number of carbonyl (C=O) groups excluding carboxylic acids is 1. The molecule has 0 aliphatic rings.